The highest BCUT2D eigenvalue weighted by molar-refractivity contribution is 6.42. The van der Waals surface area contributed by atoms with Gasteiger partial charge in [0.2, 0.25) is 5.78 Å². The molecule has 0 spiro atoms. The molecule has 1 amide bonds. The Morgan fingerprint density at radius 3 is 2.53 bits per heavy atom. The number of carbonyl (C=O) groups excluding carboxylic acids is 2. The quantitative estimate of drug-likeness (QED) is 0.646. The van der Waals surface area contributed by atoms with Gasteiger partial charge in [-0.2, -0.15) is 0 Å². The van der Waals surface area contributed by atoms with E-state index in [1.165, 1.54) is 0 Å². The van der Waals surface area contributed by atoms with E-state index < -0.39 is 11.7 Å². The van der Waals surface area contributed by atoms with Crippen LogP contribution in [0.15, 0.2) is 30.5 Å². The Morgan fingerprint density at radius 1 is 1.24 bits per heavy atom. The highest BCUT2D eigenvalue weighted by atomic mass is 16.2. The van der Waals surface area contributed by atoms with E-state index in [4.69, 9.17) is 5.73 Å². The van der Waals surface area contributed by atoms with Crippen molar-refractivity contribution in [1.82, 2.24) is 4.57 Å². The molecule has 1 aromatic heterocycles. The number of nitrogens with two attached hydrogens (primary N) is 1. The zero-order valence-corrected chi connectivity index (χ0v) is 9.81. The van der Waals surface area contributed by atoms with Crippen molar-refractivity contribution in [1.29, 1.82) is 0 Å². The van der Waals surface area contributed by atoms with E-state index in [1.807, 2.05) is 22.9 Å². The van der Waals surface area contributed by atoms with Crippen LogP contribution in [-0.4, -0.2) is 16.3 Å². The number of benzene rings is 1. The average molecular weight is 230 g/mol. The molecule has 4 heteroatoms. The van der Waals surface area contributed by atoms with Crippen LogP contribution >= 0.6 is 0 Å². The van der Waals surface area contributed by atoms with E-state index in [-0.39, 0.29) is 0 Å². The van der Waals surface area contributed by atoms with Gasteiger partial charge in [0, 0.05) is 23.3 Å². The first kappa shape index (κ1) is 11.4. The Labute approximate surface area is 99.0 Å². The number of aromatic nitrogens is 1. The van der Waals surface area contributed by atoms with Crippen molar-refractivity contribution in [3.63, 3.8) is 0 Å². The van der Waals surface area contributed by atoms with Gasteiger partial charge in [-0.05, 0) is 31.4 Å². The summed E-state index contributed by atoms with van der Waals surface area (Å²) in [5.41, 5.74) is 6.27. The van der Waals surface area contributed by atoms with Gasteiger partial charge in [-0.3, -0.25) is 9.59 Å². The molecular formula is C13H14N2O2. The van der Waals surface area contributed by atoms with Gasteiger partial charge in [0.25, 0.3) is 5.91 Å². The Kier molecular flexibility index (Phi) is 2.71. The highest BCUT2D eigenvalue weighted by Gasteiger charge is 2.14. The third-order valence-corrected chi connectivity index (χ3v) is 2.77. The van der Waals surface area contributed by atoms with E-state index >= 15 is 0 Å². The molecule has 0 bridgehead atoms. The Morgan fingerprint density at radius 2 is 1.94 bits per heavy atom. The second kappa shape index (κ2) is 4.05. The Bertz CT molecular complexity index is 596. The summed E-state index contributed by atoms with van der Waals surface area (Å²) in [7, 11) is 0. The van der Waals surface area contributed by atoms with Crippen LogP contribution in [0.2, 0.25) is 0 Å². The fourth-order valence-electron chi connectivity index (χ4n) is 1.88. The minimum Gasteiger partial charge on any atom is -0.363 e. The summed E-state index contributed by atoms with van der Waals surface area (Å²) in [5.74, 6) is -1.57. The van der Waals surface area contributed by atoms with Crippen molar-refractivity contribution in [2.24, 2.45) is 5.73 Å². The van der Waals surface area contributed by atoms with Crippen LogP contribution in [0.3, 0.4) is 0 Å². The van der Waals surface area contributed by atoms with Gasteiger partial charge in [0.1, 0.15) is 0 Å². The molecule has 0 saturated heterocycles. The number of hydrogen-bond acceptors (Lipinski definition) is 2. The maximum absolute atomic E-state index is 11.5. The second-order valence-electron chi connectivity index (χ2n) is 4.28. The monoisotopic (exact) mass is 230 g/mol. The lowest BCUT2D eigenvalue weighted by molar-refractivity contribution is -0.114. The molecule has 0 saturated carbocycles. The summed E-state index contributed by atoms with van der Waals surface area (Å²) in [4.78, 5) is 22.4. The van der Waals surface area contributed by atoms with Gasteiger partial charge in [-0.25, -0.2) is 0 Å². The lowest BCUT2D eigenvalue weighted by atomic mass is 10.1. The SMILES string of the molecule is CC(C)n1ccc2ccc(C(=O)C(N)=O)cc21. The maximum Gasteiger partial charge on any atom is 0.289 e. The summed E-state index contributed by atoms with van der Waals surface area (Å²) in [6, 6.07) is 7.44. The van der Waals surface area contributed by atoms with Crippen molar-refractivity contribution >= 4 is 22.6 Å². The predicted octanol–water partition coefficient (Wildman–Crippen LogP) is 1.89. The maximum atomic E-state index is 11.5. The number of ketones is 1. The summed E-state index contributed by atoms with van der Waals surface area (Å²) < 4.78 is 2.05. The fraction of sp³-hybridized carbons (Fsp3) is 0.231. The first-order valence-corrected chi connectivity index (χ1v) is 5.45. The van der Waals surface area contributed by atoms with Crippen molar-refractivity contribution in [2.45, 2.75) is 19.9 Å². The second-order valence-corrected chi connectivity index (χ2v) is 4.28. The topological polar surface area (TPSA) is 65.1 Å². The lowest BCUT2D eigenvalue weighted by Gasteiger charge is -2.09. The van der Waals surface area contributed by atoms with Gasteiger partial charge in [-0.1, -0.05) is 12.1 Å². The molecule has 88 valence electrons. The van der Waals surface area contributed by atoms with Crippen LogP contribution in [-0.2, 0) is 4.79 Å². The van der Waals surface area contributed by atoms with Crippen LogP contribution < -0.4 is 5.73 Å². The van der Waals surface area contributed by atoms with Crippen molar-refractivity contribution < 1.29 is 9.59 Å². The smallest absolute Gasteiger partial charge is 0.289 e. The molecule has 2 N–H and O–H groups in total. The van der Waals surface area contributed by atoms with Gasteiger partial charge >= 0.3 is 0 Å². The average Bonchev–Trinajstić information content (AvgIpc) is 2.70. The number of nitrogens with zero attached hydrogens (tertiary/aromatic N) is 1. The molecule has 1 heterocycles. The summed E-state index contributed by atoms with van der Waals surface area (Å²) in [5, 5.41) is 1.04. The molecule has 0 aliphatic heterocycles. The molecule has 0 aliphatic carbocycles. The van der Waals surface area contributed by atoms with Gasteiger partial charge in [-0.15, -0.1) is 0 Å². The van der Waals surface area contributed by atoms with Gasteiger partial charge in [0.05, 0.1) is 0 Å². The third kappa shape index (κ3) is 1.93. The molecule has 2 rings (SSSR count). The first-order valence-electron chi connectivity index (χ1n) is 5.45. The largest absolute Gasteiger partial charge is 0.363 e. The molecular weight excluding hydrogens is 216 g/mol. The number of carbonyl (C=O) groups is 2. The number of rotatable bonds is 3. The van der Waals surface area contributed by atoms with Crippen LogP contribution in [0, 0.1) is 0 Å². The van der Waals surface area contributed by atoms with E-state index in [9.17, 15) is 9.59 Å². The number of amides is 1. The molecule has 2 aromatic rings. The standard InChI is InChI=1S/C13H14N2O2/c1-8(2)15-6-5-9-3-4-10(7-11(9)15)12(16)13(14)17/h3-8H,1-2H3,(H2,14,17). The Hall–Kier alpha value is -2.10. The molecule has 1 aromatic carbocycles. The van der Waals surface area contributed by atoms with E-state index in [0.717, 1.165) is 10.9 Å². The normalized spacial score (nSPS) is 11.0. The molecule has 17 heavy (non-hydrogen) atoms. The van der Waals surface area contributed by atoms with E-state index in [1.54, 1.807) is 12.1 Å². The summed E-state index contributed by atoms with van der Waals surface area (Å²) in [6.45, 7) is 4.12. The number of primary amides is 1. The first-order chi connectivity index (χ1) is 8.00. The van der Waals surface area contributed by atoms with E-state index in [2.05, 4.69) is 13.8 Å². The molecule has 4 nitrogen and oxygen atoms in total. The third-order valence-electron chi connectivity index (χ3n) is 2.77. The number of Topliss-reactive ketones (excluding diaryl/α,β-unsaturated/α-hetero) is 1. The van der Waals surface area contributed by atoms with Crippen LogP contribution in [0.25, 0.3) is 10.9 Å². The molecule has 0 fully saturated rings. The minimum absolute atomic E-state index is 0.298. The van der Waals surface area contributed by atoms with E-state index in [0.29, 0.717) is 11.6 Å². The molecule has 0 unspecified atom stereocenters. The minimum atomic E-state index is -0.924. The summed E-state index contributed by atoms with van der Waals surface area (Å²) in [6.07, 6.45) is 1.97. The van der Waals surface area contributed by atoms with Crippen molar-refractivity contribution in [2.75, 3.05) is 0 Å². The molecule has 0 radical (unpaired) electrons. The number of hydrogen-bond donors (Lipinski definition) is 1. The van der Waals surface area contributed by atoms with Crippen molar-refractivity contribution in [3.8, 4) is 0 Å². The predicted molar refractivity (Wildman–Crippen MR) is 65.8 cm³/mol. The molecule has 0 aliphatic rings. The van der Waals surface area contributed by atoms with Gasteiger partial charge < -0.3 is 10.3 Å². The van der Waals surface area contributed by atoms with Crippen LogP contribution in [0.4, 0.5) is 0 Å². The Balaban J connectivity index is 2.59. The number of fused-ring (bicyclic) bond motifs is 1. The summed E-state index contributed by atoms with van der Waals surface area (Å²) >= 11 is 0. The highest BCUT2D eigenvalue weighted by Crippen LogP contribution is 2.21. The van der Waals surface area contributed by atoms with Crippen LogP contribution in [0.1, 0.15) is 30.2 Å². The zero-order chi connectivity index (χ0) is 12.6. The van der Waals surface area contributed by atoms with Crippen LogP contribution in [0.5, 0.6) is 0 Å². The fourth-order valence-corrected chi connectivity index (χ4v) is 1.88. The van der Waals surface area contributed by atoms with Crippen molar-refractivity contribution in [3.05, 3.63) is 36.0 Å². The van der Waals surface area contributed by atoms with Gasteiger partial charge in [0.15, 0.2) is 0 Å². The molecule has 0 atom stereocenters. The lowest BCUT2D eigenvalue weighted by Crippen LogP contribution is -2.23. The zero-order valence-electron chi connectivity index (χ0n) is 9.81.